The van der Waals surface area contributed by atoms with Crippen LogP contribution in [0.1, 0.15) is 5.56 Å². The van der Waals surface area contributed by atoms with Gasteiger partial charge in [-0.3, -0.25) is 4.98 Å². The zero-order chi connectivity index (χ0) is 7.56. The van der Waals surface area contributed by atoms with Gasteiger partial charge in [-0.1, -0.05) is 10.2 Å². The largest absolute Gasteiger partial charge is 0.257 e. The van der Waals surface area contributed by atoms with Gasteiger partial charge in [-0.05, 0) is 12.5 Å². The summed E-state index contributed by atoms with van der Waals surface area (Å²) in [4.78, 5) is 3.94. The number of pyridine rings is 1. The lowest BCUT2D eigenvalue weighted by Crippen LogP contribution is -1.91. The van der Waals surface area contributed by atoms with Gasteiger partial charge in [0.25, 0.3) is 0 Å². The van der Waals surface area contributed by atoms with E-state index in [2.05, 4.69) is 4.98 Å². The van der Waals surface area contributed by atoms with Crippen LogP contribution in [0.4, 0.5) is 5.69 Å². The summed E-state index contributed by atoms with van der Waals surface area (Å²) in [5.74, 6) is 0. The molecular formula is C7H10N3+. The number of hydrogen-bond acceptors (Lipinski definition) is 2. The molecule has 1 heterocycles. The fourth-order valence-corrected chi connectivity index (χ4v) is 0.722. The van der Waals surface area contributed by atoms with Crippen molar-refractivity contribution in [2.45, 2.75) is 6.92 Å². The molecule has 0 amide bonds. The third kappa shape index (κ3) is 1.37. The van der Waals surface area contributed by atoms with Crippen LogP contribution in [0, 0.1) is 12.5 Å². The fraction of sp³-hybridized carbons (Fsp3) is 0.286. The second-order valence-corrected chi connectivity index (χ2v) is 2.28. The molecule has 0 saturated heterocycles. The number of hydrogen-bond donors (Lipinski definition) is 1. The molecule has 1 aromatic rings. The van der Waals surface area contributed by atoms with Crippen molar-refractivity contribution in [2.75, 3.05) is 7.05 Å². The summed E-state index contributed by atoms with van der Waals surface area (Å²) in [5, 5.41) is 0. The minimum atomic E-state index is 0.819. The van der Waals surface area contributed by atoms with Crippen molar-refractivity contribution in [3.05, 3.63) is 24.0 Å². The highest BCUT2D eigenvalue weighted by molar-refractivity contribution is 5.28. The molecule has 0 atom stereocenters. The lowest BCUT2D eigenvalue weighted by molar-refractivity contribution is -0.505. The number of nitrogens with one attached hydrogen (secondary N) is 1. The molecule has 52 valence electrons. The summed E-state index contributed by atoms with van der Waals surface area (Å²) in [6.07, 6.45) is 3.44. The average Bonchev–Trinajstić information content (AvgIpc) is 1.88. The van der Waals surface area contributed by atoms with Crippen molar-refractivity contribution in [1.82, 2.24) is 4.98 Å². The Bertz CT molecular complexity index is 255. The Hall–Kier alpha value is -1.25. The Balaban J connectivity index is 3.07. The van der Waals surface area contributed by atoms with E-state index < -0.39 is 0 Å². The topological polar surface area (TPSA) is 39.8 Å². The van der Waals surface area contributed by atoms with Gasteiger partial charge in [0.2, 0.25) is 5.69 Å². The molecule has 1 aromatic heterocycles. The van der Waals surface area contributed by atoms with E-state index >= 15 is 0 Å². The first-order chi connectivity index (χ1) is 4.70. The molecular weight excluding hydrogens is 126 g/mol. The summed E-state index contributed by atoms with van der Waals surface area (Å²) >= 11 is 0. The number of aromatic nitrogens is 1. The van der Waals surface area contributed by atoms with Crippen LogP contribution in [-0.4, -0.2) is 16.7 Å². The minimum Gasteiger partial charge on any atom is -0.257 e. The summed E-state index contributed by atoms with van der Waals surface area (Å²) in [5.41, 5.74) is 9.11. The van der Waals surface area contributed by atoms with Crippen molar-refractivity contribution in [2.24, 2.45) is 0 Å². The maximum absolute atomic E-state index is 7.21. The van der Waals surface area contributed by atoms with E-state index in [9.17, 15) is 0 Å². The molecule has 0 aliphatic rings. The molecule has 0 aliphatic carbocycles. The van der Waals surface area contributed by atoms with E-state index in [1.165, 1.54) is 4.70 Å². The van der Waals surface area contributed by atoms with Gasteiger partial charge in [-0.25, -0.2) is 0 Å². The third-order valence-corrected chi connectivity index (χ3v) is 1.25. The van der Waals surface area contributed by atoms with E-state index in [1.54, 1.807) is 19.4 Å². The van der Waals surface area contributed by atoms with Gasteiger partial charge >= 0.3 is 0 Å². The van der Waals surface area contributed by atoms with Crippen molar-refractivity contribution < 1.29 is 4.70 Å². The molecule has 3 heteroatoms. The molecule has 0 radical (unpaired) electrons. The minimum absolute atomic E-state index is 0.819. The van der Waals surface area contributed by atoms with Gasteiger partial charge in [0, 0.05) is 12.3 Å². The first-order valence-electron chi connectivity index (χ1n) is 3.07. The van der Waals surface area contributed by atoms with Gasteiger partial charge in [-0.2, -0.15) is 0 Å². The Labute approximate surface area is 59.8 Å². The molecule has 0 spiro atoms. The van der Waals surface area contributed by atoms with E-state index in [-0.39, 0.29) is 0 Å². The molecule has 10 heavy (non-hydrogen) atoms. The maximum Gasteiger partial charge on any atom is 0.249 e. The smallest absolute Gasteiger partial charge is 0.249 e. The first-order valence-corrected chi connectivity index (χ1v) is 3.07. The van der Waals surface area contributed by atoms with Crippen LogP contribution in [0.2, 0.25) is 0 Å². The van der Waals surface area contributed by atoms with Gasteiger partial charge in [0.05, 0.1) is 0 Å². The van der Waals surface area contributed by atoms with Gasteiger partial charge < -0.3 is 0 Å². The fourth-order valence-electron chi connectivity index (χ4n) is 0.722. The Morgan fingerprint density at radius 2 is 2.20 bits per heavy atom. The van der Waals surface area contributed by atoms with Crippen molar-refractivity contribution in [3.8, 4) is 0 Å². The van der Waals surface area contributed by atoms with E-state index in [0.29, 0.717) is 0 Å². The molecule has 0 aromatic carbocycles. The zero-order valence-electron chi connectivity index (χ0n) is 6.13. The summed E-state index contributed by atoms with van der Waals surface area (Å²) in [6, 6.07) is 1.92. The quantitative estimate of drug-likeness (QED) is 0.463. The normalized spacial score (nSPS) is 9.40. The Kier molecular flexibility index (Phi) is 1.76. The number of aryl methyl sites for hydroxylation is 1. The van der Waals surface area contributed by atoms with Crippen molar-refractivity contribution >= 4 is 5.69 Å². The summed E-state index contributed by atoms with van der Waals surface area (Å²) in [6.45, 7) is 1.96. The second kappa shape index (κ2) is 2.56. The maximum atomic E-state index is 7.21. The van der Waals surface area contributed by atoms with Crippen LogP contribution < -0.4 is 0 Å². The van der Waals surface area contributed by atoms with Crippen LogP contribution in [0.3, 0.4) is 0 Å². The van der Waals surface area contributed by atoms with Crippen molar-refractivity contribution in [3.63, 3.8) is 0 Å². The summed E-state index contributed by atoms with van der Waals surface area (Å²) in [7, 11) is 1.68. The highest BCUT2D eigenvalue weighted by Crippen LogP contribution is 2.08. The lowest BCUT2D eigenvalue weighted by Gasteiger charge is -1.90. The van der Waals surface area contributed by atoms with E-state index in [1.807, 2.05) is 13.0 Å². The van der Waals surface area contributed by atoms with Gasteiger partial charge in [0.15, 0.2) is 7.05 Å². The average molecular weight is 136 g/mol. The SMILES string of the molecule is Cc1cncc([N+](C)=N)c1. The zero-order valence-corrected chi connectivity index (χ0v) is 6.13. The van der Waals surface area contributed by atoms with Gasteiger partial charge in [0.1, 0.15) is 6.20 Å². The predicted molar refractivity (Wildman–Crippen MR) is 37.5 cm³/mol. The summed E-state index contributed by atoms with van der Waals surface area (Å²) < 4.78 is 1.29. The van der Waals surface area contributed by atoms with Crippen LogP contribution in [0.25, 0.3) is 0 Å². The number of nitrogens with zero attached hydrogens (tertiary/aromatic N) is 2. The Morgan fingerprint density at radius 3 is 2.60 bits per heavy atom. The molecule has 1 N–H and O–H groups in total. The van der Waals surface area contributed by atoms with Crippen LogP contribution >= 0.6 is 0 Å². The Morgan fingerprint density at radius 1 is 1.50 bits per heavy atom. The standard InChI is InChI=1S/C7H10N3/c1-6-3-7(10(2)8)5-9-4-6/h3-5,8H,1-2H3/q+1. The molecule has 0 aliphatic heterocycles. The molecule has 0 unspecified atom stereocenters. The van der Waals surface area contributed by atoms with E-state index in [0.717, 1.165) is 11.3 Å². The highest BCUT2D eigenvalue weighted by atomic mass is 15.1. The molecule has 3 nitrogen and oxygen atoms in total. The highest BCUT2D eigenvalue weighted by Gasteiger charge is 2.00. The van der Waals surface area contributed by atoms with E-state index in [4.69, 9.17) is 5.53 Å². The third-order valence-electron chi connectivity index (χ3n) is 1.25. The molecule has 0 fully saturated rings. The molecule has 0 bridgehead atoms. The second-order valence-electron chi connectivity index (χ2n) is 2.28. The molecule has 0 saturated carbocycles. The lowest BCUT2D eigenvalue weighted by atomic mass is 10.3. The van der Waals surface area contributed by atoms with Crippen LogP contribution in [0.15, 0.2) is 18.5 Å². The monoisotopic (exact) mass is 136 g/mol. The first kappa shape index (κ1) is 6.86. The van der Waals surface area contributed by atoms with Crippen molar-refractivity contribution in [1.29, 1.82) is 5.53 Å². The predicted octanol–water partition coefficient (Wildman–Crippen LogP) is 1.69. The molecule has 1 rings (SSSR count). The van der Waals surface area contributed by atoms with Gasteiger partial charge in [-0.15, -0.1) is 0 Å². The number of rotatable bonds is 1. The van der Waals surface area contributed by atoms with Crippen LogP contribution in [-0.2, 0) is 0 Å². The van der Waals surface area contributed by atoms with Crippen LogP contribution in [0.5, 0.6) is 0 Å².